The molecule has 0 radical (unpaired) electrons. The molecule has 6 nitrogen and oxygen atoms in total. The van der Waals surface area contributed by atoms with Crippen LogP contribution >= 0.6 is 0 Å². The summed E-state index contributed by atoms with van der Waals surface area (Å²) < 4.78 is 44.1. The number of carbonyl (C=O) groups is 1. The van der Waals surface area contributed by atoms with Crippen LogP contribution < -0.4 is 0 Å². The quantitative estimate of drug-likeness (QED) is 0.675. The summed E-state index contributed by atoms with van der Waals surface area (Å²) >= 11 is 0. The molecule has 1 aliphatic rings. The number of pyridine rings is 1. The van der Waals surface area contributed by atoms with E-state index in [4.69, 9.17) is 4.52 Å². The van der Waals surface area contributed by atoms with Gasteiger partial charge in [0.1, 0.15) is 6.04 Å². The highest BCUT2D eigenvalue weighted by atomic mass is 19.4. The van der Waals surface area contributed by atoms with E-state index in [9.17, 15) is 18.0 Å². The molecule has 1 atom stereocenters. The summed E-state index contributed by atoms with van der Waals surface area (Å²) in [6.45, 7) is 0.527. The molecule has 9 heteroatoms. The zero-order chi connectivity index (χ0) is 19.7. The van der Waals surface area contributed by atoms with Crippen LogP contribution in [-0.2, 0) is 6.18 Å². The van der Waals surface area contributed by atoms with E-state index >= 15 is 0 Å². The molecule has 0 spiro atoms. The summed E-state index contributed by atoms with van der Waals surface area (Å²) in [6, 6.07) is 7.67. The standard InChI is InChI=1S/C19H15F3N4O2/c20-19(21,22)14-6-1-4-12(10-14)16-24-17(28-25-16)15-7-3-9-26(15)18(27)13-5-2-8-23-11-13/h1-2,4-6,8,10-11,15H,3,7,9H2. The molecular formula is C19H15F3N4O2. The number of hydrogen-bond donors (Lipinski definition) is 0. The number of likely N-dealkylation sites (tertiary alicyclic amines) is 1. The molecule has 1 unspecified atom stereocenters. The van der Waals surface area contributed by atoms with Gasteiger partial charge in [-0.3, -0.25) is 9.78 Å². The van der Waals surface area contributed by atoms with Gasteiger partial charge in [0.15, 0.2) is 0 Å². The van der Waals surface area contributed by atoms with Crippen LogP contribution in [0.3, 0.4) is 0 Å². The summed E-state index contributed by atoms with van der Waals surface area (Å²) in [7, 11) is 0. The minimum Gasteiger partial charge on any atom is -0.337 e. The van der Waals surface area contributed by atoms with Crippen LogP contribution in [0.25, 0.3) is 11.4 Å². The number of aromatic nitrogens is 3. The fraction of sp³-hybridized carbons (Fsp3) is 0.263. The van der Waals surface area contributed by atoms with E-state index in [2.05, 4.69) is 15.1 Å². The highest BCUT2D eigenvalue weighted by Gasteiger charge is 2.35. The Labute approximate surface area is 158 Å². The minimum absolute atomic E-state index is 0.0572. The van der Waals surface area contributed by atoms with Crippen LogP contribution in [-0.4, -0.2) is 32.5 Å². The van der Waals surface area contributed by atoms with Crippen LogP contribution in [0.15, 0.2) is 53.3 Å². The van der Waals surface area contributed by atoms with Gasteiger partial charge in [-0.2, -0.15) is 18.2 Å². The predicted octanol–water partition coefficient (Wildman–Crippen LogP) is 4.13. The Kier molecular flexibility index (Phi) is 4.58. The molecule has 1 aromatic carbocycles. The molecule has 4 rings (SSSR count). The lowest BCUT2D eigenvalue weighted by Crippen LogP contribution is -2.30. The molecule has 0 bridgehead atoms. The van der Waals surface area contributed by atoms with Gasteiger partial charge in [0.25, 0.3) is 5.91 Å². The van der Waals surface area contributed by atoms with E-state index < -0.39 is 17.8 Å². The van der Waals surface area contributed by atoms with Crippen molar-refractivity contribution in [3.8, 4) is 11.4 Å². The number of hydrogen-bond acceptors (Lipinski definition) is 5. The molecule has 0 aliphatic carbocycles. The van der Waals surface area contributed by atoms with Crippen LogP contribution in [0, 0.1) is 0 Å². The number of rotatable bonds is 3. The van der Waals surface area contributed by atoms with Gasteiger partial charge in [-0.25, -0.2) is 0 Å². The number of halogens is 3. The van der Waals surface area contributed by atoms with E-state index in [1.807, 2.05) is 0 Å². The van der Waals surface area contributed by atoms with Crippen molar-refractivity contribution in [1.82, 2.24) is 20.0 Å². The predicted molar refractivity (Wildman–Crippen MR) is 92.0 cm³/mol. The summed E-state index contributed by atoms with van der Waals surface area (Å²) in [5, 5.41) is 3.82. The van der Waals surface area contributed by atoms with Gasteiger partial charge in [-0.15, -0.1) is 0 Å². The van der Waals surface area contributed by atoms with Crippen LogP contribution in [0.5, 0.6) is 0 Å². The van der Waals surface area contributed by atoms with E-state index in [-0.39, 0.29) is 23.2 Å². The largest absolute Gasteiger partial charge is 0.416 e. The van der Waals surface area contributed by atoms with Gasteiger partial charge in [-0.05, 0) is 37.1 Å². The van der Waals surface area contributed by atoms with Crippen molar-refractivity contribution in [1.29, 1.82) is 0 Å². The first-order valence-corrected chi connectivity index (χ1v) is 8.66. The molecule has 1 aliphatic heterocycles. The average Bonchev–Trinajstić information content (AvgIpc) is 3.37. The number of carbonyl (C=O) groups excluding carboxylic acids is 1. The van der Waals surface area contributed by atoms with E-state index in [0.717, 1.165) is 18.6 Å². The summed E-state index contributed by atoms with van der Waals surface area (Å²) in [4.78, 5) is 22.6. The van der Waals surface area contributed by atoms with Gasteiger partial charge in [0, 0.05) is 24.5 Å². The van der Waals surface area contributed by atoms with E-state index in [0.29, 0.717) is 18.5 Å². The molecule has 144 valence electrons. The number of alkyl halides is 3. The maximum absolute atomic E-state index is 12.9. The van der Waals surface area contributed by atoms with E-state index in [1.165, 1.54) is 18.3 Å². The lowest BCUT2D eigenvalue weighted by molar-refractivity contribution is -0.137. The van der Waals surface area contributed by atoms with Gasteiger partial charge in [0.2, 0.25) is 11.7 Å². The zero-order valence-corrected chi connectivity index (χ0v) is 14.6. The number of benzene rings is 1. The first kappa shape index (κ1) is 18.1. The number of amides is 1. The van der Waals surface area contributed by atoms with Crippen molar-refractivity contribution in [2.75, 3.05) is 6.54 Å². The molecule has 2 aromatic heterocycles. The van der Waals surface area contributed by atoms with Crippen LogP contribution in [0.4, 0.5) is 13.2 Å². The van der Waals surface area contributed by atoms with Crippen molar-refractivity contribution < 1.29 is 22.5 Å². The normalized spacial score (nSPS) is 17.1. The molecule has 1 fully saturated rings. The molecule has 3 heterocycles. The molecule has 28 heavy (non-hydrogen) atoms. The Morgan fingerprint density at radius 1 is 1.21 bits per heavy atom. The molecule has 1 saturated heterocycles. The van der Waals surface area contributed by atoms with Crippen molar-refractivity contribution in [2.45, 2.75) is 25.1 Å². The molecule has 0 N–H and O–H groups in total. The zero-order valence-electron chi connectivity index (χ0n) is 14.6. The summed E-state index contributed by atoms with van der Waals surface area (Å²) in [5.74, 6) is 0.0679. The van der Waals surface area contributed by atoms with Crippen molar-refractivity contribution >= 4 is 5.91 Å². The third kappa shape index (κ3) is 3.47. The lowest BCUT2D eigenvalue weighted by Gasteiger charge is -2.21. The minimum atomic E-state index is -4.46. The van der Waals surface area contributed by atoms with E-state index in [1.54, 1.807) is 23.2 Å². The third-order valence-corrected chi connectivity index (χ3v) is 4.60. The number of nitrogens with zero attached hydrogens (tertiary/aromatic N) is 4. The Morgan fingerprint density at radius 3 is 2.82 bits per heavy atom. The van der Waals surface area contributed by atoms with Gasteiger partial charge in [-0.1, -0.05) is 17.3 Å². The third-order valence-electron chi connectivity index (χ3n) is 4.60. The summed E-state index contributed by atoms with van der Waals surface area (Å²) in [5.41, 5.74) is -0.134. The van der Waals surface area contributed by atoms with Gasteiger partial charge in [0.05, 0.1) is 11.1 Å². The molecular weight excluding hydrogens is 373 g/mol. The van der Waals surface area contributed by atoms with Crippen LogP contribution in [0.1, 0.15) is 40.7 Å². The van der Waals surface area contributed by atoms with Gasteiger partial charge < -0.3 is 9.42 Å². The van der Waals surface area contributed by atoms with Crippen LogP contribution in [0.2, 0.25) is 0 Å². The second kappa shape index (κ2) is 7.06. The topological polar surface area (TPSA) is 72.1 Å². The van der Waals surface area contributed by atoms with Crippen molar-refractivity contribution in [2.24, 2.45) is 0 Å². The van der Waals surface area contributed by atoms with Gasteiger partial charge >= 0.3 is 6.18 Å². The first-order chi connectivity index (χ1) is 13.4. The second-order valence-electron chi connectivity index (χ2n) is 6.43. The maximum atomic E-state index is 12.9. The molecule has 1 amide bonds. The maximum Gasteiger partial charge on any atom is 0.416 e. The lowest BCUT2D eigenvalue weighted by atomic mass is 10.1. The SMILES string of the molecule is O=C(c1cccnc1)N1CCCC1c1nc(-c2cccc(C(F)(F)F)c2)no1. The Hall–Kier alpha value is -3.23. The smallest absolute Gasteiger partial charge is 0.337 e. The fourth-order valence-electron chi connectivity index (χ4n) is 3.24. The van der Waals surface area contributed by atoms with Crippen molar-refractivity contribution in [3.05, 3.63) is 65.8 Å². The highest BCUT2D eigenvalue weighted by molar-refractivity contribution is 5.94. The fourth-order valence-corrected chi connectivity index (χ4v) is 3.24. The monoisotopic (exact) mass is 388 g/mol. The highest BCUT2D eigenvalue weighted by Crippen LogP contribution is 2.34. The second-order valence-corrected chi connectivity index (χ2v) is 6.43. The Bertz CT molecular complexity index is 988. The Morgan fingerprint density at radius 2 is 2.07 bits per heavy atom. The average molecular weight is 388 g/mol. The summed E-state index contributed by atoms with van der Waals surface area (Å²) in [6.07, 6.45) is 0.00627. The Balaban J connectivity index is 1.60. The van der Waals surface area contributed by atoms with Crippen molar-refractivity contribution in [3.63, 3.8) is 0 Å². The molecule has 3 aromatic rings. The molecule has 0 saturated carbocycles. The first-order valence-electron chi connectivity index (χ1n) is 8.66.